The maximum absolute atomic E-state index is 12.1. The van der Waals surface area contributed by atoms with Crippen molar-refractivity contribution in [1.29, 1.82) is 0 Å². The van der Waals surface area contributed by atoms with E-state index in [0.29, 0.717) is 5.75 Å². The van der Waals surface area contributed by atoms with E-state index in [2.05, 4.69) is 9.93 Å². The zero-order valence-electron chi connectivity index (χ0n) is 12.6. The zero-order valence-corrected chi connectivity index (χ0v) is 14.2. The number of ether oxygens (including phenoxy) is 1. The van der Waals surface area contributed by atoms with Crippen LogP contribution in [0, 0.1) is 6.92 Å². The molecule has 0 saturated heterocycles. The van der Waals surface area contributed by atoms with Crippen LogP contribution in [0.5, 0.6) is 5.75 Å². The third-order valence-corrected chi connectivity index (χ3v) is 4.95. The van der Waals surface area contributed by atoms with E-state index in [1.54, 1.807) is 12.1 Å². The number of hydrogen-bond donors (Lipinski definition) is 1. The smallest absolute Gasteiger partial charge is 0.276 e. The van der Waals surface area contributed by atoms with Crippen LogP contribution in [0.2, 0.25) is 0 Å². The summed E-state index contributed by atoms with van der Waals surface area (Å²) in [6.45, 7) is 5.76. The summed E-state index contributed by atoms with van der Waals surface area (Å²) in [6.07, 6.45) is 1.55. The van der Waals surface area contributed by atoms with Crippen molar-refractivity contribution >= 4 is 27.6 Å². The van der Waals surface area contributed by atoms with Crippen LogP contribution < -0.4 is 9.57 Å². The van der Waals surface area contributed by atoms with Gasteiger partial charge in [-0.25, -0.2) is 4.83 Å². The zero-order chi connectivity index (χ0) is 16.2. The molecule has 0 bridgehead atoms. The van der Waals surface area contributed by atoms with Gasteiger partial charge in [-0.05, 0) is 62.0 Å². The second-order valence-electron chi connectivity index (χ2n) is 4.96. The van der Waals surface area contributed by atoms with Crippen LogP contribution in [0.4, 0.5) is 0 Å². The van der Waals surface area contributed by atoms with Gasteiger partial charge in [0.25, 0.3) is 10.0 Å². The Labute approximate surface area is 134 Å². The Kier molecular flexibility index (Phi) is 5.20. The molecular weight excluding hydrogens is 320 g/mol. The predicted molar refractivity (Wildman–Crippen MR) is 89.2 cm³/mol. The Morgan fingerprint density at radius 3 is 2.45 bits per heavy atom. The lowest BCUT2D eigenvalue weighted by Crippen LogP contribution is -2.18. The molecule has 118 valence electrons. The standard InChI is InChI=1S/C15H18N2O3S2/c1-11(2)20-13-4-6-14(7-5-13)22(18,19)17-16-10-15-12(3)8-9-21-15/h4-11,17H,1-3H3/b16-10+. The van der Waals surface area contributed by atoms with E-state index in [0.717, 1.165) is 10.4 Å². The van der Waals surface area contributed by atoms with Crippen LogP contribution in [-0.4, -0.2) is 20.7 Å². The molecule has 1 heterocycles. The third-order valence-electron chi connectivity index (χ3n) is 2.76. The summed E-state index contributed by atoms with van der Waals surface area (Å²) in [5, 5.41) is 5.74. The number of sulfonamides is 1. The minimum Gasteiger partial charge on any atom is -0.491 e. The van der Waals surface area contributed by atoms with Crippen molar-refractivity contribution in [3.63, 3.8) is 0 Å². The molecule has 0 aliphatic carbocycles. The predicted octanol–water partition coefficient (Wildman–Crippen LogP) is 3.16. The normalized spacial score (nSPS) is 12.0. The van der Waals surface area contributed by atoms with Gasteiger partial charge < -0.3 is 4.74 Å². The fourth-order valence-corrected chi connectivity index (χ4v) is 3.27. The van der Waals surface area contributed by atoms with Crippen LogP contribution >= 0.6 is 11.3 Å². The van der Waals surface area contributed by atoms with E-state index in [1.807, 2.05) is 32.2 Å². The summed E-state index contributed by atoms with van der Waals surface area (Å²) in [6, 6.07) is 8.19. The summed E-state index contributed by atoms with van der Waals surface area (Å²) in [5.74, 6) is 0.631. The Hall–Kier alpha value is -1.86. The fraction of sp³-hybridized carbons (Fsp3) is 0.267. The van der Waals surface area contributed by atoms with Gasteiger partial charge in [-0.15, -0.1) is 11.3 Å². The number of hydrazone groups is 1. The van der Waals surface area contributed by atoms with Gasteiger partial charge >= 0.3 is 0 Å². The summed E-state index contributed by atoms with van der Waals surface area (Å²) < 4.78 is 29.7. The van der Waals surface area contributed by atoms with Crippen LogP contribution in [-0.2, 0) is 10.0 Å². The van der Waals surface area contributed by atoms with Gasteiger partial charge in [0.15, 0.2) is 0 Å². The highest BCUT2D eigenvalue weighted by atomic mass is 32.2. The summed E-state index contributed by atoms with van der Waals surface area (Å²) in [4.78, 5) is 3.27. The Morgan fingerprint density at radius 2 is 1.91 bits per heavy atom. The third kappa shape index (κ3) is 4.32. The molecular formula is C15H18N2O3S2. The Bertz CT molecular complexity index is 747. The second-order valence-corrected chi connectivity index (χ2v) is 7.57. The maximum atomic E-state index is 12.1. The number of rotatable bonds is 6. The number of benzene rings is 1. The molecule has 0 spiro atoms. The van der Waals surface area contributed by atoms with Crippen molar-refractivity contribution in [2.45, 2.75) is 31.8 Å². The van der Waals surface area contributed by atoms with Crippen molar-refractivity contribution in [3.8, 4) is 5.75 Å². The van der Waals surface area contributed by atoms with Crippen molar-refractivity contribution in [2.24, 2.45) is 5.10 Å². The molecule has 22 heavy (non-hydrogen) atoms. The molecule has 0 aliphatic heterocycles. The van der Waals surface area contributed by atoms with E-state index in [1.165, 1.54) is 29.7 Å². The highest BCUT2D eigenvalue weighted by Crippen LogP contribution is 2.17. The van der Waals surface area contributed by atoms with E-state index < -0.39 is 10.0 Å². The van der Waals surface area contributed by atoms with Crippen molar-refractivity contribution in [2.75, 3.05) is 0 Å². The van der Waals surface area contributed by atoms with Crippen molar-refractivity contribution in [3.05, 3.63) is 46.2 Å². The number of nitrogens with zero attached hydrogens (tertiary/aromatic N) is 1. The highest BCUT2D eigenvalue weighted by Gasteiger charge is 2.12. The van der Waals surface area contributed by atoms with E-state index in [-0.39, 0.29) is 11.0 Å². The Balaban J connectivity index is 2.07. The van der Waals surface area contributed by atoms with Gasteiger partial charge in [0.05, 0.1) is 22.1 Å². The summed E-state index contributed by atoms with van der Waals surface area (Å²) in [5.41, 5.74) is 1.06. The first-order valence-electron chi connectivity index (χ1n) is 6.74. The average Bonchev–Trinajstić information content (AvgIpc) is 2.84. The molecule has 0 saturated carbocycles. The Morgan fingerprint density at radius 1 is 1.23 bits per heavy atom. The number of nitrogens with one attached hydrogen (secondary N) is 1. The van der Waals surface area contributed by atoms with Crippen molar-refractivity contribution < 1.29 is 13.2 Å². The largest absolute Gasteiger partial charge is 0.491 e. The molecule has 2 rings (SSSR count). The minimum absolute atomic E-state index is 0.0409. The number of hydrogen-bond acceptors (Lipinski definition) is 5. The first-order chi connectivity index (χ1) is 10.4. The van der Waals surface area contributed by atoms with Gasteiger partial charge in [0, 0.05) is 0 Å². The van der Waals surface area contributed by atoms with E-state index in [9.17, 15) is 8.42 Å². The lowest BCUT2D eigenvalue weighted by molar-refractivity contribution is 0.242. The quantitative estimate of drug-likeness (QED) is 0.650. The van der Waals surface area contributed by atoms with Crippen molar-refractivity contribution in [1.82, 2.24) is 4.83 Å². The number of thiophene rings is 1. The minimum atomic E-state index is -3.67. The lowest BCUT2D eigenvalue weighted by atomic mass is 10.3. The van der Waals surface area contributed by atoms with Gasteiger partial charge in [0.2, 0.25) is 0 Å². The first-order valence-corrected chi connectivity index (χ1v) is 9.10. The molecule has 0 fully saturated rings. The van der Waals surface area contributed by atoms with Crippen LogP contribution in [0.25, 0.3) is 0 Å². The monoisotopic (exact) mass is 338 g/mol. The number of aryl methyl sites for hydroxylation is 1. The molecule has 7 heteroatoms. The van der Waals surface area contributed by atoms with Gasteiger partial charge in [-0.3, -0.25) is 0 Å². The summed E-state index contributed by atoms with van der Waals surface area (Å²) >= 11 is 1.50. The molecule has 0 radical (unpaired) electrons. The average molecular weight is 338 g/mol. The molecule has 0 unspecified atom stereocenters. The van der Waals surface area contributed by atoms with Gasteiger partial charge in [0.1, 0.15) is 5.75 Å². The van der Waals surface area contributed by atoms with Gasteiger partial charge in [-0.2, -0.15) is 13.5 Å². The fourth-order valence-electron chi connectivity index (χ4n) is 1.69. The second kappa shape index (κ2) is 6.93. The van der Waals surface area contributed by atoms with E-state index in [4.69, 9.17) is 4.74 Å². The van der Waals surface area contributed by atoms with Gasteiger partial charge in [-0.1, -0.05) is 0 Å². The highest BCUT2D eigenvalue weighted by molar-refractivity contribution is 7.89. The van der Waals surface area contributed by atoms with E-state index >= 15 is 0 Å². The molecule has 0 aliphatic rings. The topological polar surface area (TPSA) is 67.8 Å². The van der Waals surface area contributed by atoms with Crippen LogP contribution in [0.1, 0.15) is 24.3 Å². The molecule has 1 aromatic heterocycles. The molecule has 5 nitrogen and oxygen atoms in total. The summed E-state index contributed by atoms with van der Waals surface area (Å²) in [7, 11) is -3.67. The SMILES string of the molecule is Cc1ccsc1/C=N/NS(=O)(=O)c1ccc(OC(C)C)cc1. The van der Waals surface area contributed by atoms with Crippen LogP contribution in [0.3, 0.4) is 0 Å². The molecule has 1 aromatic carbocycles. The van der Waals surface area contributed by atoms with Crippen LogP contribution in [0.15, 0.2) is 45.7 Å². The maximum Gasteiger partial charge on any atom is 0.276 e. The lowest BCUT2D eigenvalue weighted by Gasteiger charge is -2.10. The molecule has 2 aromatic rings. The first kappa shape index (κ1) is 16.5. The molecule has 0 amide bonds. The molecule has 1 N–H and O–H groups in total. The molecule has 0 atom stereocenters.